The summed E-state index contributed by atoms with van der Waals surface area (Å²) in [7, 11) is 1.72. The molecule has 15 heavy (non-hydrogen) atoms. The van der Waals surface area contributed by atoms with Gasteiger partial charge in [0.25, 0.3) is 5.91 Å². The van der Waals surface area contributed by atoms with Crippen molar-refractivity contribution in [3.63, 3.8) is 0 Å². The topological polar surface area (TPSA) is 65.2 Å². The molecule has 0 saturated carbocycles. The molecule has 1 amide bonds. The van der Waals surface area contributed by atoms with Gasteiger partial charge in [0.05, 0.1) is 6.04 Å². The molecule has 80 valence electrons. The molecule has 1 aromatic rings. The Morgan fingerprint density at radius 3 is 2.80 bits per heavy atom. The summed E-state index contributed by atoms with van der Waals surface area (Å²) < 4.78 is 0. The third kappa shape index (κ3) is 1.78. The zero-order valence-corrected chi connectivity index (χ0v) is 8.49. The highest BCUT2D eigenvalue weighted by molar-refractivity contribution is 5.93. The number of carbonyl (C=O) groups is 1. The summed E-state index contributed by atoms with van der Waals surface area (Å²) in [5.74, 6) is -0.219. The third-order valence-electron chi connectivity index (χ3n) is 2.68. The quantitative estimate of drug-likeness (QED) is 0.682. The van der Waals surface area contributed by atoms with Crippen molar-refractivity contribution in [2.45, 2.75) is 6.04 Å². The van der Waals surface area contributed by atoms with E-state index in [2.05, 4.69) is 10.3 Å². The van der Waals surface area contributed by atoms with Gasteiger partial charge in [0.1, 0.15) is 5.56 Å². The minimum atomic E-state index is -0.238. The van der Waals surface area contributed by atoms with Crippen molar-refractivity contribution in [2.75, 3.05) is 20.1 Å². The molecule has 0 aliphatic carbocycles. The van der Waals surface area contributed by atoms with Crippen LogP contribution in [0.3, 0.4) is 0 Å². The number of hydrogen-bond donors (Lipinski definition) is 2. The molecule has 1 fully saturated rings. The van der Waals surface area contributed by atoms with E-state index in [-0.39, 0.29) is 22.9 Å². The van der Waals surface area contributed by atoms with E-state index in [0.717, 1.165) is 13.1 Å². The summed E-state index contributed by atoms with van der Waals surface area (Å²) in [5, 5.41) is 3.08. The maximum Gasteiger partial charge on any atom is 0.259 e. The number of hydrogen-bond acceptors (Lipinski definition) is 3. The van der Waals surface area contributed by atoms with E-state index in [4.69, 9.17) is 0 Å². The van der Waals surface area contributed by atoms with Crippen molar-refractivity contribution >= 4 is 5.91 Å². The Bertz CT molecular complexity index is 423. The first kappa shape index (κ1) is 9.92. The second kappa shape index (κ2) is 3.86. The predicted octanol–water partition coefficient (Wildman–Crippen LogP) is -0.581. The Labute approximate surface area is 87.1 Å². The molecule has 1 aliphatic heterocycles. The molecule has 5 nitrogen and oxygen atoms in total. The molecule has 0 aromatic carbocycles. The molecule has 0 atom stereocenters. The summed E-state index contributed by atoms with van der Waals surface area (Å²) >= 11 is 0. The standard InChI is InChI=1S/C10H13N3O2/c1-13(7-4-12-5-7)10(15)8-6-11-3-2-9(8)14/h2-3,6-7,12H,4-5H2,1H3,(H,11,14). The van der Waals surface area contributed by atoms with E-state index in [0.29, 0.717) is 0 Å². The highest BCUT2D eigenvalue weighted by Gasteiger charge is 2.26. The van der Waals surface area contributed by atoms with Crippen LogP contribution in [0.4, 0.5) is 0 Å². The van der Waals surface area contributed by atoms with Crippen LogP contribution in [0.5, 0.6) is 0 Å². The lowest BCUT2D eigenvalue weighted by atomic mass is 10.1. The smallest absolute Gasteiger partial charge is 0.259 e. The van der Waals surface area contributed by atoms with E-state index >= 15 is 0 Å². The number of pyridine rings is 1. The molecule has 1 aromatic heterocycles. The fourth-order valence-electron chi connectivity index (χ4n) is 1.49. The van der Waals surface area contributed by atoms with E-state index in [1.54, 1.807) is 11.9 Å². The van der Waals surface area contributed by atoms with Crippen LogP contribution >= 0.6 is 0 Å². The zero-order valence-electron chi connectivity index (χ0n) is 8.49. The average Bonchev–Trinajstić information content (AvgIpc) is 2.15. The molecule has 1 saturated heterocycles. The van der Waals surface area contributed by atoms with Gasteiger partial charge in [-0.05, 0) is 0 Å². The van der Waals surface area contributed by atoms with Gasteiger partial charge in [-0.3, -0.25) is 9.59 Å². The van der Waals surface area contributed by atoms with Crippen LogP contribution < -0.4 is 10.7 Å². The summed E-state index contributed by atoms with van der Waals surface area (Å²) in [6, 6.07) is 1.57. The van der Waals surface area contributed by atoms with Gasteiger partial charge in [-0.1, -0.05) is 0 Å². The summed E-state index contributed by atoms with van der Waals surface area (Å²) in [4.78, 5) is 27.7. The molecule has 2 heterocycles. The number of H-pyrrole nitrogens is 1. The predicted molar refractivity (Wildman–Crippen MR) is 55.8 cm³/mol. The lowest BCUT2D eigenvalue weighted by molar-refractivity contribution is 0.0679. The van der Waals surface area contributed by atoms with Crippen LogP contribution in [0.25, 0.3) is 0 Å². The Kier molecular flexibility index (Phi) is 2.55. The number of rotatable bonds is 2. The Hall–Kier alpha value is -1.62. The highest BCUT2D eigenvalue weighted by atomic mass is 16.2. The molecular formula is C10H13N3O2. The van der Waals surface area contributed by atoms with Crippen LogP contribution in [0.1, 0.15) is 10.4 Å². The number of likely N-dealkylation sites (N-methyl/N-ethyl adjacent to an activating group) is 1. The van der Waals surface area contributed by atoms with Crippen molar-refractivity contribution in [2.24, 2.45) is 0 Å². The van der Waals surface area contributed by atoms with Crippen molar-refractivity contribution in [3.8, 4) is 0 Å². The monoisotopic (exact) mass is 207 g/mol. The van der Waals surface area contributed by atoms with Gasteiger partial charge in [0.2, 0.25) is 0 Å². The van der Waals surface area contributed by atoms with Crippen LogP contribution in [0.2, 0.25) is 0 Å². The van der Waals surface area contributed by atoms with E-state index < -0.39 is 0 Å². The number of nitrogens with zero attached hydrogens (tertiary/aromatic N) is 1. The Morgan fingerprint density at radius 2 is 2.27 bits per heavy atom. The normalized spacial score (nSPS) is 15.8. The second-order valence-corrected chi connectivity index (χ2v) is 3.65. The molecule has 0 unspecified atom stereocenters. The zero-order chi connectivity index (χ0) is 10.8. The maximum atomic E-state index is 11.9. The van der Waals surface area contributed by atoms with Crippen LogP contribution in [0.15, 0.2) is 23.3 Å². The van der Waals surface area contributed by atoms with Crippen LogP contribution in [-0.4, -0.2) is 42.0 Å². The number of amides is 1. The van der Waals surface area contributed by atoms with Gasteiger partial charge >= 0.3 is 0 Å². The molecule has 2 N–H and O–H groups in total. The first-order valence-corrected chi connectivity index (χ1v) is 4.85. The molecule has 0 spiro atoms. The molecule has 0 radical (unpaired) electrons. The van der Waals surface area contributed by atoms with Crippen molar-refractivity contribution in [3.05, 3.63) is 34.2 Å². The van der Waals surface area contributed by atoms with Crippen LogP contribution in [0, 0.1) is 0 Å². The summed E-state index contributed by atoms with van der Waals surface area (Å²) in [5.41, 5.74) is -0.0372. The number of carbonyl (C=O) groups excluding carboxylic acids is 1. The summed E-state index contributed by atoms with van der Waals surface area (Å²) in [6.45, 7) is 1.60. The SMILES string of the molecule is CN(C(=O)c1c[nH]ccc1=O)C1CNC1. The molecule has 0 bridgehead atoms. The molecule has 2 rings (SSSR count). The van der Waals surface area contributed by atoms with E-state index in [9.17, 15) is 9.59 Å². The van der Waals surface area contributed by atoms with Crippen molar-refractivity contribution in [1.29, 1.82) is 0 Å². The van der Waals surface area contributed by atoms with Gasteiger partial charge in [-0.15, -0.1) is 0 Å². The highest BCUT2D eigenvalue weighted by Crippen LogP contribution is 2.05. The average molecular weight is 207 g/mol. The minimum Gasteiger partial charge on any atom is -0.367 e. The van der Waals surface area contributed by atoms with E-state index in [1.807, 2.05) is 0 Å². The fourth-order valence-corrected chi connectivity index (χ4v) is 1.49. The van der Waals surface area contributed by atoms with Gasteiger partial charge in [-0.25, -0.2) is 0 Å². The molecule has 1 aliphatic rings. The fraction of sp³-hybridized carbons (Fsp3) is 0.400. The van der Waals surface area contributed by atoms with Crippen LogP contribution in [-0.2, 0) is 0 Å². The third-order valence-corrected chi connectivity index (χ3v) is 2.68. The Morgan fingerprint density at radius 1 is 1.53 bits per heavy atom. The van der Waals surface area contributed by atoms with Gasteiger partial charge in [0.15, 0.2) is 5.43 Å². The molecule has 5 heteroatoms. The maximum absolute atomic E-state index is 11.9. The van der Waals surface area contributed by atoms with Gasteiger partial charge in [0, 0.05) is 38.6 Å². The first-order valence-electron chi connectivity index (χ1n) is 4.85. The number of aromatic amines is 1. The minimum absolute atomic E-state index is 0.201. The van der Waals surface area contributed by atoms with Gasteiger partial charge in [-0.2, -0.15) is 0 Å². The number of aromatic nitrogens is 1. The largest absolute Gasteiger partial charge is 0.367 e. The van der Waals surface area contributed by atoms with Crippen molar-refractivity contribution < 1.29 is 4.79 Å². The number of nitrogens with one attached hydrogen (secondary N) is 2. The van der Waals surface area contributed by atoms with Gasteiger partial charge < -0.3 is 15.2 Å². The first-order chi connectivity index (χ1) is 7.20. The summed E-state index contributed by atoms with van der Waals surface area (Å²) in [6.07, 6.45) is 2.97. The lowest BCUT2D eigenvalue weighted by Crippen LogP contribution is -2.57. The lowest BCUT2D eigenvalue weighted by Gasteiger charge is -2.35. The second-order valence-electron chi connectivity index (χ2n) is 3.65. The Balaban J connectivity index is 2.20. The van der Waals surface area contributed by atoms with E-state index in [1.165, 1.54) is 18.5 Å². The molecular weight excluding hydrogens is 194 g/mol. The van der Waals surface area contributed by atoms with Crippen molar-refractivity contribution in [1.82, 2.24) is 15.2 Å².